The molecule has 2 atom stereocenters. The molecule has 2 unspecified atom stereocenters. The number of carboxylic acids is 1. The maximum Gasteiger partial charge on any atom is 0.358 e. The normalized spacial score (nSPS) is 19.8. The number of amides is 1. The smallest absolute Gasteiger partial charge is 0.358 e. The largest absolute Gasteiger partial charge is 0.476 e. The van der Waals surface area contributed by atoms with Crippen LogP contribution in [0.1, 0.15) is 28.4 Å². The Bertz CT molecular complexity index is 688. The van der Waals surface area contributed by atoms with Crippen LogP contribution in [0.2, 0.25) is 0 Å². The average molecular weight is 283 g/mol. The Morgan fingerprint density at radius 1 is 1.14 bits per heavy atom. The van der Waals surface area contributed by atoms with E-state index in [1.807, 2.05) is 30.3 Å². The standard InChI is InChI=1S/C15H13N3O3/c19-14(11-8-10(11)9-4-2-1-3-5-9)18-13-12(15(20)21)16-6-7-17-13/h1-7,10-11H,8H2,(H,20,21)(H,17,18,19). The summed E-state index contributed by atoms with van der Waals surface area (Å²) in [6.07, 6.45) is 3.39. The van der Waals surface area contributed by atoms with Gasteiger partial charge in [-0.3, -0.25) is 4.79 Å². The summed E-state index contributed by atoms with van der Waals surface area (Å²) >= 11 is 0. The Hall–Kier alpha value is -2.76. The predicted octanol–water partition coefficient (Wildman–Crippen LogP) is 1.92. The third kappa shape index (κ3) is 2.74. The van der Waals surface area contributed by atoms with Gasteiger partial charge in [0.2, 0.25) is 5.91 Å². The van der Waals surface area contributed by atoms with E-state index in [0.29, 0.717) is 0 Å². The van der Waals surface area contributed by atoms with Crippen LogP contribution >= 0.6 is 0 Å². The first-order valence-corrected chi connectivity index (χ1v) is 6.57. The summed E-state index contributed by atoms with van der Waals surface area (Å²) in [5.41, 5.74) is 0.873. The monoisotopic (exact) mass is 283 g/mol. The van der Waals surface area contributed by atoms with Crippen LogP contribution in [-0.2, 0) is 4.79 Å². The number of nitrogens with zero attached hydrogens (tertiary/aromatic N) is 2. The fourth-order valence-corrected chi connectivity index (χ4v) is 2.35. The summed E-state index contributed by atoms with van der Waals surface area (Å²) < 4.78 is 0. The molecule has 6 nitrogen and oxygen atoms in total. The van der Waals surface area contributed by atoms with E-state index in [1.165, 1.54) is 12.4 Å². The van der Waals surface area contributed by atoms with Gasteiger partial charge in [-0.2, -0.15) is 0 Å². The van der Waals surface area contributed by atoms with Crippen LogP contribution in [-0.4, -0.2) is 27.0 Å². The molecule has 106 valence electrons. The summed E-state index contributed by atoms with van der Waals surface area (Å²) in [5.74, 6) is -1.39. The van der Waals surface area contributed by atoms with Crippen LogP contribution < -0.4 is 5.32 Å². The molecule has 1 aliphatic rings. The molecule has 0 aliphatic heterocycles. The Kier molecular flexibility index (Phi) is 3.35. The van der Waals surface area contributed by atoms with Crippen molar-refractivity contribution in [1.82, 2.24) is 9.97 Å². The summed E-state index contributed by atoms with van der Waals surface area (Å²) in [6, 6.07) is 9.78. The van der Waals surface area contributed by atoms with Gasteiger partial charge in [0.05, 0.1) is 0 Å². The number of hydrogen-bond donors (Lipinski definition) is 2. The van der Waals surface area contributed by atoms with Crippen LogP contribution in [0.4, 0.5) is 5.82 Å². The SMILES string of the molecule is O=C(O)c1nccnc1NC(=O)C1CC1c1ccccc1. The third-order valence-corrected chi connectivity index (χ3v) is 3.50. The lowest BCUT2D eigenvalue weighted by Gasteiger charge is -2.06. The zero-order valence-corrected chi connectivity index (χ0v) is 11.1. The first-order valence-electron chi connectivity index (χ1n) is 6.57. The van der Waals surface area contributed by atoms with Gasteiger partial charge >= 0.3 is 5.97 Å². The second-order valence-corrected chi connectivity index (χ2v) is 4.91. The Morgan fingerprint density at radius 2 is 1.86 bits per heavy atom. The predicted molar refractivity (Wildman–Crippen MR) is 74.9 cm³/mol. The molecule has 0 radical (unpaired) electrons. The second-order valence-electron chi connectivity index (χ2n) is 4.91. The Labute approximate surface area is 120 Å². The molecule has 0 bridgehead atoms. The highest BCUT2D eigenvalue weighted by molar-refractivity contribution is 5.99. The number of nitrogens with one attached hydrogen (secondary N) is 1. The lowest BCUT2D eigenvalue weighted by atomic mass is 10.1. The van der Waals surface area contributed by atoms with Crippen LogP contribution in [0.5, 0.6) is 0 Å². The van der Waals surface area contributed by atoms with Crippen molar-refractivity contribution in [3.05, 3.63) is 54.0 Å². The van der Waals surface area contributed by atoms with Gasteiger partial charge in [0.1, 0.15) is 0 Å². The van der Waals surface area contributed by atoms with Crippen molar-refractivity contribution in [3.63, 3.8) is 0 Å². The molecule has 2 N–H and O–H groups in total. The van der Waals surface area contributed by atoms with E-state index in [1.54, 1.807) is 0 Å². The van der Waals surface area contributed by atoms with Gasteiger partial charge in [0.25, 0.3) is 0 Å². The molecule has 1 aromatic carbocycles. The zero-order valence-electron chi connectivity index (χ0n) is 11.1. The number of rotatable bonds is 4. The van der Waals surface area contributed by atoms with E-state index in [2.05, 4.69) is 15.3 Å². The quantitative estimate of drug-likeness (QED) is 0.894. The summed E-state index contributed by atoms with van der Waals surface area (Å²) in [6.45, 7) is 0. The molecule has 1 fully saturated rings. The first kappa shape index (κ1) is 13.2. The fraction of sp³-hybridized carbons (Fsp3) is 0.200. The molecule has 1 amide bonds. The van der Waals surface area contributed by atoms with Gasteiger partial charge < -0.3 is 10.4 Å². The summed E-state index contributed by atoms with van der Waals surface area (Å²) in [7, 11) is 0. The maximum absolute atomic E-state index is 12.2. The fourth-order valence-electron chi connectivity index (χ4n) is 2.35. The average Bonchev–Trinajstić information content (AvgIpc) is 3.29. The van der Waals surface area contributed by atoms with Crippen molar-refractivity contribution in [3.8, 4) is 0 Å². The Morgan fingerprint density at radius 3 is 2.57 bits per heavy atom. The van der Waals surface area contributed by atoms with Gasteiger partial charge in [-0.25, -0.2) is 14.8 Å². The number of aromatic carboxylic acids is 1. The van der Waals surface area contributed by atoms with Gasteiger partial charge in [0.15, 0.2) is 11.5 Å². The lowest BCUT2D eigenvalue weighted by Crippen LogP contribution is -2.18. The minimum absolute atomic E-state index is 0.00582. The molecule has 1 saturated carbocycles. The van der Waals surface area contributed by atoms with E-state index < -0.39 is 5.97 Å². The zero-order chi connectivity index (χ0) is 14.8. The Balaban J connectivity index is 1.70. The highest BCUT2D eigenvalue weighted by Crippen LogP contribution is 2.47. The molecule has 6 heteroatoms. The molecule has 3 rings (SSSR count). The van der Waals surface area contributed by atoms with E-state index >= 15 is 0 Å². The minimum Gasteiger partial charge on any atom is -0.476 e. The molecule has 21 heavy (non-hydrogen) atoms. The molecule has 2 aromatic rings. The highest BCUT2D eigenvalue weighted by atomic mass is 16.4. The van der Waals surface area contributed by atoms with Gasteiger partial charge in [-0.15, -0.1) is 0 Å². The van der Waals surface area contributed by atoms with Crippen molar-refractivity contribution in [2.45, 2.75) is 12.3 Å². The molecule has 1 aliphatic carbocycles. The molecule has 0 spiro atoms. The summed E-state index contributed by atoms with van der Waals surface area (Å²) in [4.78, 5) is 30.8. The first-order chi connectivity index (χ1) is 10.2. The van der Waals surface area contributed by atoms with Gasteiger partial charge in [-0.05, 0) is 17.9 Å². The van der Waals surface area contributed by atoms with Gasteiger partial charge in [-0.1, -0.05) is 30.3 Å². The number of anilines is 1. The number of hydrogen-bond acceptors (Lipinski definition) is 4. The topological polar surface area (TPSA) is 92.2 Å². The molecule has 1 aromatic heterocycles. The number of carbonyl (C=O) groups is 2. The number of carboxylic acid groups (broad SMARTS) is 1. The van der Waals surface area contributed by atoms with E-state index in [-0.39, 0.29) is 29.3 Å². The van der Waals surface area contributed by atoms with Crippen molar-refractivity contribution < 1.29 is 14.7 Å². The molecule has 0 saturated heterocycles. The van der Waals surface area contributed by atoms with Crippen LogP contribution in [0.15, 0.2) is 42.7 Å². The highest BCUT2D eigenvalue weighted by Gasteiger charge is 2.44. The number of benzene rings is 1. The van der Waals surface area contributed by atoms with E-state index in [9.17, 15) is 9.59 Å². The molecular formula is C15H13N3O3. The summed E-state index contributed by atoms with van der Waals surface area (Å²) in [5, 5.41) is 11.6. The third-order valence-electron chi connectivity index (χ3n) is 3.50. The van der Waals surface area contributed by atoms with Crippen molar-refractivity contribution in [2.24, 2.45) is 5.92 Å². The molecular weight excluding hydrogens is 270 g/mol. The minimum atomic E-state index is -1.21. The van der Waals surface area contributed by atoms with Gasteiger partial charge in [0, 0.05) is 18.3 Å². The van der Waals surface area contributed by atoms with Crippen LogP contribution in [0.25, 0.3) is 0 Å². The van der Waals surface area contributed by atoms with Crippen molar-refractivity contribution in [2.75, 3.05) is 5.32 Å². The number of carbonyl (C=O) groups excluding carboxylic acids is 1. The van der Waals surface area contributed by atoms with Crippen LogP contribution in [0, 0.1) is 5.92 Å². The van der Waals surface area contributed by atoms with Crippen LogP contribution in [0.3, 0.4) is 0 Å². The maximum atomic E-state index is 12.2. The second kappa shape index (κ2) is 5.32. The van der Waals surface area contributed by atoms with E-state index in [4.69, 9.17) is 5.11 Å². The van der Waals surface area contributed by atoms with Crippen molar-refractivity contribution >= 4 is 17.7 Å². The lowest BCUT2D eigenvalue weighted by molar-refractivity contribution is -0.117. The van der Waals surface area contributed by atoms with Crippen molar-refractivity contribution in [1.29, 1.82) is 0 Å². The molecule has 1 heterocycles. The van der Waals surface area contributed by atoms with E-state index in [0.717, 1.165) is 12.0 Å². The number of aromatic nitrogens is 2.